The topological polar surface area (TPSA) is 178 Å². The van der Waals surface area contributed by atoms with E-state index in [0.717, 1.165) is 9.87 Å². The second-order valence-electron chi connectivity index (χ2n) is 9.75. The van der Waals surface area contributed by atoms with E-state index in [2.05, 4.69) is 5.32 Å². The Bertz CT molecular complexity index is 1220. The van der Waals surface area contributed by atoms with E-state index in [1.807, 2.05) is 13.8 Å². The number of alkyl carbamates (subject to hydrolysis) is 1. The molecule has 1 saturated heterocycles. The quantitative estimate of drug-likeness (QED) is 0.202. The number of benzene rings is 2. The lowest BCUT2D eigenvalue weighted by Crippen LogP contribution is -2.52. The van der Waals surface area contributed by atoms with E-state index in [0.29, 0.717) is 18.7 Å². The molecule has 2 aromatic carbocycles. The summed E-state index contributed by atoms with van der Waals surface area (Å²) in [6, 6.07) is 13.5. The number of phosphoric ester groups is 1. The lowest BCUT2D eigenvalue weighted by molar-refractivity contribution is 0.0601. The van der Waals surface area contributed by atoms with E-state index in [-0.39, 0.29) is 30.4 Å². The van der Waals surface area contributed by atoms with E-state index in [1.165, 1.54) is 24.3 Å². The van der Waals surface area contributed by atoms with Crippen LogP contribution in [0.1, 0.15) is 25.8 Å². The summed E-state index contributed by atoms with van der Waals surface area (Å²) in [5, 5.41) is 2.65. The van der Waals surface area contributed by atoms with E-state index in [1.54, 1.807) is 30.3 Å². The molecule has 1 aliphatic rings. The van der Waals surface area contributed by atoms with Gasteiger partial charge in [0.1, 0.15) is 12.2 Å². The average molecular weight is 586 g/mol. The molecule has 0 aliphatic carbocycles. The zero-order valence-electron chi connectivity index (χ0n) is 21.9. The van der Waals surface area contributed by atoms with Crippen LogP contribution in [-0.4, -0.2) is 73.2 Å². The number of amides is 1. The van der Waals surface area contributed by atoms with Crippen LogP contribution in [0.25, 0.3) is 0 Å². The maximum Gasteiger partial charge on any atom is 0.469 e. The summed E-state index contributed by atoms with van der Waals surface area (Å²) in [5.74, 6) is -0.142. The summed E-state index contributed by atoms with van der Waals surface area (Å²) < 4.78 is 56.2. The van der Waals surface area contributed by atoms with Crippen LogP contribution in [-0.2, 0) is 35.0 Å². The summed E-state index contributed by atoms with van der Waals surface area (Å²) in [7, 11) is -9.26. The second-order valence-corrected chi connectivity index (χ2v) is 12.9. The van der Waals surface area contributed by atoms with Gasteiger partial charge in [0.2, 0.25) is 10.0 Å². The molecule has 0 radical (unpaired) electrons. The van der Waals surface area contributed by atoms with Gasteiger partial charge < -0.3 is 30.3 Å². The molecule has 0 bridgehead atoms. The van der Waals surface area contributed by atoms with Crippen molar-refractivity contribution in [1.82, 2.24) is 9.62 Å². The van der Waals surface area contributed by atoms with Crippen LogP contribution in [0.2, 0.25) is 0 Å². The smallest absolute Gasteiger partial charge is 0.444 e. The normalized spacial score (nSPS) is 17.7. The van der Waals surface area contributed by atoms with E-state index in [9.17, 15) is 27.6 Å². The number of carbonyl (C=O) groups excluding carboxylic acids is 1. The zero-order valence-corrected chi connectivity index (χ0v) is 23.6. The molecular formula is C25H36N3O9PS. The second kappa shape index (κ2) is 13.7. The number of nitrogens with zero attached hydrogens (tertiary/aromatic N) is 1. The van der Waals surface area contributed by atoms with Crippen LogP contribution < -0.4 is 11.1 Å². The number of ether oxygens (including phenoxy) is 2. The van der Waals surface area contributed by atoms with E-state index >= 15 is 0 Å². The lowest BCUT2D eigenvalue weighted by Gasteiger charge is -2.33. The molecule has 1 fully saturated rings. The van der Waals surface area contributed by atoms with Crippen molar-refractivity contribution in [2.75, 3.05) is 32.0 Å². The third-order valence-corrected chi connectivity index (χ3v) is 8.35. The van der Waals surface area contributed by atoms with Crippen molar-refractivity contribution < 1.29 is 41.6 Å². The molecule has 1 amide bonds. The molecule has 14 heteroatoms. The van der Waals surface area contributed by atoms with Gasteiger partial charge >= 0.3 is 13.9 Å². The van der Waals surface area contributed by atoms with Gasteiger partial charge in [-0.1, -0.05) is 44.2 Å². The van der Waals surface area contributed by atoms with Gasteiger partial charge in [0, 0.05) is 25.2 Å². The molecule has 216 valence electrons. The fraction of sp³-hybridized carbons (Fsp3) is 0.480. The van der Waals surface area contributed by atoms with Gasteiger partial charge in [-0.25, -0.2) is 17.8 Å². The molecule has 1 unspecified atom stereocenters. The molecule has 1 heterocycles. The van der Waals surface area contributed by atoms with Crippen LogP contribution >= 0.6 is 7.82 Å². The van der Waals surface area contributed by atoms with Gasteiger partial charge in [-0.05, 0) is 42.2 Å². The van der Waals surface area contributed by atoms with Crippen molar-refractivity contribution in [3.05, 3.63) is 60.2 Å². The van der Waals surface area contributed by atoms with Gasteiger partial charge in [-0.15, -0.1) is 0 Å². The predicted molar refractivity (Wildman–Crippen MR) is 144 cm³/mol. The monoisotopic (exact) mass is 585 g/mol. The van der Waals surface area contributed by atoms with E-state index < -0.39 is 48.7 Å². The molecular weight excluding hydrogens is 549 g/mol. The molecule has 39 heavy (non-hydrogen) atoms. The summed E-state index contributed by atoms with van der Waals surface area (Å²) in [4.78, 5) is 32.3. The fourth-order valence-corrected chi connectivity index (χ4v) is 6.35. The summed E-state index contributed by atoms with van der Waals surface area (Å²) in [6.07, 6.45) is -2.14. The van der Waals surface area contributed by atoms with Crippen LogP contribution in [0.3, 0.4) is 0 Å². The Morgan fingerprint density at radius 1 is 1.15 bits per heavy atom. The van der Waals surface area contributed by atoms with Crippen molar-refractivity contribution in [1.29, 1.82) is 0 Å². The molecule has 0 aromatic heterocycles. The number of nitrogen functional groups attached to an aromatic ring is 1. The van der Waals surface area contributed by atoms with Gasteiger partial charge in [-0.2, -0.15) is 4.31 Å². The highest BCUT2D eigenvalue weighted by molar-refractivity contribution is 7.89. The van der Waals surface area contributed by atoms with E-state index in [4.69, 9.17) is 19.7 Å². The van der Waals surface area contributed by atoms with Crippen LogP contribution in [0.15, 0.2) is 59.5 Å². The number of phosphoric acid groups is 1. The number of hydrogen-bond donors (Lipinski definition) is 4. The summed E-state index contributed by atoms with van der Waals surface area (Å²) in [5.41, 5.74) is 6.82. The van der Waals surface area contributed by atoms with Gasteiger partial charge in [0.05, 0.1) is 24.2 Å². The Labute approximate surface area is 228 Å². The zero-order chi connectivity index (χ0) is 28.6. The molecule has 1 aliphatic heterocycles. The fourth-order valence-electron chi connectivity index (χ4n) is 4.16. The molecule has 12 nitrogen and oxygen atoms in total. The highest BCUT2D eigenvalue weighted by Crippen LogP contribution is 2.39. The highest BCUT2D eigenvalue weighted by Gasteiger charge is 2.37. The maximum atomic E-state index is 13.6. The number of nitrogens with one attached hydrogen (secondary N) is 1. The first-order chi connectivity index (χ1) is 18.3. The molecule has 5 N–H and O–H groups in total. The number of anilines is 1. The first-order valence-electron chi connectivity index (χ1n) is 12.5. The third-order valence-electron chi connectivity index (χ3n) is 5.96. The predicted octanol–water partition coefficient (Wildman–Crippen LogP) is 2.52. The molecule has 2 aromatic rings. The van der Waals surface area contributed by atoms with Crippen molar-refractivity contribution in [3.8, 4) is 0 Å². The SMILES string of the molecule is CC(C)CN(C[C@@H](OP(=O)(O)O)C(Cc1ccccc1)NC(=O)O[C@H]1CCOC1)S(=O)(=O)c1ccc(N)cc1. The largest absolute Gasteiger partial charge is 0.469 e. The van der Waals surface area contributed by atoms with Gasteiger partial charge in [0.15, 0.2) is 0 Å². The number of hydrogen-bond acceptors (Lipinski definition) is 8. The number of sulfonamides is 1. The number of rotatable bonds is 13. The van der Waals surface area contributed by atoms with Crippen molar-refractivity contribution >= 4 is 29.6 Å². The highest BCUT2D eigenvalue weighted by atomic mass is 32.2. The van der Waals surface area contributed by atoms with Crippen molar-refractivity contribution in [3.63, 3.8) is 0 Å². The lowest BCUT2D eigenvalue weighted by atomic mass is 10.0. The van der Waals surface area contributed by atoms with Crippen molar-refractivity contribution in [2.24, 2.45) is 5.92 Å². The van der Waals surface area contributed by atoms with Crippen LogP contribution in [0.5, 0.6) is 0 Å². The average Bonchev–Trinajstić information content (AvgIpc) is 3.35. The first kappa shape index (κ1) is 31.0. The molecule has 0 spiro atoms. The Hall–Kier alpha value is -2.51. The third kappa shape index (κ3) is 9.87. The summed E-state index contributed by atoms with van der Waals surface area (Å²) >= 11 is 0. The standard InChI is InChI=1S/C25H36N3O9PS/c1-18(2)15-28(39(33,34)22-10-8-20(26)9-11-22)16-24(37-38(30,31)32)23(14-19-6-4-3-5-7-19)27-25(29)36-21-12-13-35-17-21/h3-11,18,21,23-24H,12-17,26H2,1-2H3,(H,27,29)(H2,30,31,32)/t21-,23?,24+/m0/s1. The first-order valence-corrected chi connectivity index (χ1v) is 15.5. The number of nitrogens with two attached hydrogens (primary N) is 1. The molecule has 0 saturated carbocycles. The Kier molecular flexibility index (Phi) is 10.9. The Morgan fingerprint density at radius 3 is 2.38 bits per heavy atom. The maximum absolute atomic E-state index is 13.6. The minimum absolute atomic E-state index is 0.0235. The van der Waals surface area contributed by atoms with Gasteiger partial charge in [-0.3, -0.25) is 4.52 Å². The number of carbonyl (C=O) groups is 1. The van der Waals surface area contributed by atoms with Crippen LogP contribution in [0, 0.1) is 5.92 Å². The Morgan fingerprint density at radius 2 is 1.82 bits per heavy atom. The molecule has 3 atom stereocenters. The summed E-state index contributed by atoms with van der Waals surface area (Å²) in [6.45, 7) is 3.87. The minimum atomic E-state index is -5.12. The van der Waals surface area contributed by atoms with Crippen LogP contribution in [0.4, 0.5) is 10.5 Å². The Balaban J connectivity index is 1.96. The van der Waals surface area contributed by atoms with Gasteiger partial charge in [0.25, 0.3) is 0 Å². The molecule has 3 rings (SSSR count). The van der Waals surface area contributed by atoms with Crippen molar-refractivity contribution in [2.45, 2.75) is 49.8 Å². The minimum Gasteiger partial charge on any atom is -0.444 e.